The first-order chi connectivity index (χ1) is 8.97. The zero-order chi connectivity index (χ0) is 14.6. The lowest BCUT2D eigenvalue weighted by Crippen LogP contribution is -2.06. The second kappa shape index (κ2) is 5.76. The lowest BCUT2D eigenvalue weighted by Gasteiger charge is -2.09. The van der Waals surface area contributed by atoms with Crippen molar-refractivity contribution < 1.29 is 24.1 Å². The van der Waals surface area contributed by atoms with Gasteiger partial charge in [0.05, 0.1) is 29.6 Å². The van der Waals surface area contributed by atoms with E-state index in [0.29, 0.717) is 0 Å². The minimum atomic E-state index is -0.852. The molecule has 0 aliphatic carbocycles. The van der Waals surface area contributed by atoms with Crippen molar-refractivity contribution in [3.8, 4) is 11.5 Å². The molecule has 19 heavy (non-hydrogen) atoms. The zero-order valence-electron chi connectivity index (χ0n) is 10.1. The van der Waals surface area contributed by atoms with Gasteiger partial charge in [0.25, 0.3) is 0 Å². The van der Waals surface area contributed by atoms with Gasteiger partial charge in [0.1, 0.15) is 5.56 Å². The van der Waals surface area contributed by atoms with Crippen LogP contribution in [0.4, 0.5) is 11.4 Å². The van der Waals surface area contributed by atoms with E-state index in [2.05, 4.69) is 0 Å². The molecule has 0 bridgehead atoms. The van der Waals surface area contributed by atoms with Crippen LogP contribution in [0.1, 0.15) is 17.3 Å². The number of nitrogens with zero attached hydrogens (tertiary/aromatic N) is 2. The Kier molecular flexibility index (Phi) is 4.35. The highest BCUT2D eigenvalue weighted by Gasteiger charge is 2.32. The number of hydrogen-bond acceptors (Lipinski definition) is 7. The molecule has 0 unspecified atom stereocenters. The van der Waals surface area contributed by atoms with Crippen molar-refractivity contribution in [3.05, 3.63) is 31.9 Å². The smallest absolute Gasteiger partial charge is 0.325 e. The average Bonchev–Trinajstić information content (AvgIpc) is 2.37. The summed E-state index contributed by atoms with van der Waals surface area (Å²) < 4.78 is 9.69. The second-order valence-corrected chi connectivity index (χ2v) is 3.25. The Morgan fingerprint density at radius 3 is 2.32 bits per heavy atom. The molecule has 0 aliphatic rings. The van der Waals surface area contributed by atoms with Gasteiger partial charge >= 0.3 is 11.4 Å². The molecule has 0 heterocycles. The monoisotopic (exact) mass is 270 g/mol. The summed E-state index contributed by atoms with van der Waals surface area (Å²) >= 11 is 0. The largest absolute Gasteiger partial charge is 0.490 e. The van der Waals surface area contributed by atoms with Gasteiger partial charge in [-0.3, -0.25) is 25.0 Å². The third-order valence-corrected chi connectivity index (χ3v) is 2.24. The molecular weight excluding hydrogens is 260 g/mol. The molecule has 0 saturated carbocycles. The van der Waals surface area contributed by atoms with Gasteiger partial charge in [-0.05, 0) is 6.92 Å². The summed E-state index contributed by atoms with van der Waals surface area (Å²) in [6, 6.07) is 0.857. The predicted molar refractivity (Wildman–Crippen MR) is 62.9 cm³/mol. The Balaban J connectivity index is 3.75. The van der Waals surface area contributed by atoms with E-state index < -0.39 is 32.5 Å². The molecule has 0 saturated heterocycles. The van der Waals surface area contributed by atoms with Crippen LogP contribution in [-0.4, -0.2) is 29.8 Å². The first kappa shape index (κ1) is 14.4. The molecule has 0 fully saturated rings. The topological polar surface area (TPSA) is 122 Å². The number of aldehydes is 1. The van der Waals surface area contributed by atoms with Crippen LogP contribution in [0.15, 0.2) is 6.07 Å². The van der Waals surface area contributed by atoms with Gasteiger partial charge in [-0.2, -0.15) is 0 Å². The fourth-order valence-electron chi connectivity index (χ4n) is 1.52. The maximum atomic E-state index is 11.0. The van der Waals surface area contributed by atoms with Gasteiger partial charge in [0, 0.05) is 0 Å². The molecule has 0 spiro atoms. The van der Waals surface area contributed by atoms with Crippen molar-refractivity contribution in [2.45, 2.75) is 6.92 Å². The maximum absolute atomic E-state index is 11.0. The van der Waals surface area contributed by atoms with Crippen LogP contribution in [0.2, 0.25) is 0 Å². The van der Waals surface area contributed by atoms with Gasteiger partial charge in [-0.15, -0.1) is 0 Å². The molecule has 1 aromatic carbocycles. The van der Waals surface area contributed by atoms with Crippen LogP contribution in [0.25, 0.3) is 0 Å². The molecule has 0 amide bonds. The summed E-state index contributed by atoms with van der Waals surface area (Å²) in [5, 5.41) is 21.8. The molecule has 102 valence electrons. The lowest BCUT2D eigenvalue weighted by atomic mass is 10.1. The van der Waals surface area contributed by atoms with Gasteiger partial charge in [0.15, 0.2) is 6.29 Å². The zero-order valence-corrected chi connectivity index (χ0v) is 10.1. The molecule has 9 heteroatoms. The van der Waals surface area contributed by atoms with E-state index in [0.717, 1.165) is 13.2 Å². The normalized spacial score (nSPS) is 9.79. The quantitative estimate of drug-likeness (QED) is 0.438. The van der Waals surface area contributed by atoms with E-state index in [1.165, 1.54) is 6.92 Å². The molecule has 0 aliphatic heterocycles. The number of methoxy groups -OCH3 is 1. The van der Waals surface area contributed by atoms with E-state index in [1.807, 2.05) is 0 Å². The highest BCUT2D eigenvalue weighted by Crippen LogP contribution is 2.42. The molecule has 1 aromatic rings. The summed E-state index contributed by atoms with van der Waals surface area (Å²) in [4.78, 5) is 31.2. The number of carbonyl (C=O) groups is 1. The molecule has 1 rings (SSSR count). The highest BCUT2D eigenvalue weighted by molar-refractivity contribution is 5.90. The number of hydrogen-bond donors (Lipinski definition) is 0. The second-order valence-electron chi connectivity index (χ2n) is 3.25. The predicted octanol–water partition coefficient (Wildman–Crippen LogP) is 1.72. The Morgan fingerprint density at radius 2 is 1.95 bits per heavy atom. The van der Waals surface area contributed by atoms with Gasteiger partial charge < -0.3 is 9.47 Å². The standard InChI is InChI=1S/C10H10N2O7/c1-3-19-10-6(5-13)9(12(16)17)8(18-2)4-7(10)11(14)15/h4-5H,3H2,1-2H3. The summed E-state index contributed by atoms with van der Waals surface area (Å²) in [5.41, 5.74) is -1.74. The van der Waals surface area contributed by atoms with Crippen LogP contribution < -0.4 is 9.47 Å². The first-order valence-corrected chi connectivity index (χ1v) is 5.09. The number of ether oxygens (including phenoxy) is 2. The van der Waals surface area contributed by atoms with Gasteiger partial charge in [-0.25, -0.2) is 0 Å². The first-order valence-electron chi connectivity index (χ1n) is 5.09. The average molecular weight is 270 g/mol. The van der Waals surface area contributed by atoms with E-state index in [4.69, 9.17) is 9.47 Å². The minimum Gasteiger partial charge on any atom is -0.490 e. The Morgan fingerprint density at radius 1 is 1.32 bits per heavy atom. The number of nitro groups is 2. The summed E-state index contributed by atoms with van der Waals surface area (Å²) in [6.45, 7) is 1.56. The molecule has 0 radical (unpaired) electrons. The molecular formula is C10H10N2O7. The van der Waals surface area contributed by atoms with Crippen molar-refractivity contribution >= 4 is 17.7 Å². The Hall–Kier alpha value is -2.71. The summed E-state index contributed by atoms with van der Waals surface area (Å²) in [5.74, 6) is -0.808. The summed E-state index contributed by atoms with van der Waals surface area (Å²) in [7, 11) is 1.11. The number of rotatable bonds is 6. The third-order valence-electron chi connectivity index (χ3n) is 2.24. The fraction of sp³-hybridized carbons (Fsp3) is 0.300. The maximum Gasteiger partial charge on any atom is 0.325 e. The number of nitro benzene ring substituents is 2. The Bertz CT molecular complexity index is 541. The SMILES string of the molecule is CCOc1c([N+](=O)[O-])cc(OC)c([N+](=O)[O-])c1C=O. The van der Waals surface area contributed by atoms with Crippen LogP contribution in [-0.2, 0) is 0 Å². The number of carbonyl (C=O) groups excluding carboxylic acids is 1. The van der Waals surface area contributed by atoms with Crippen LogP contribution in [0, 0.1) is 20.2 Å². The minimum absolute atomic E-state index is 0.0190. The molecule has 0 atom stereocenters. The van der Waals surface area contributed by atoms with E-state index in [-0.39, 0.29) is 18.6 Å². The van der Waals surface area contributed by atoms with E-state index >= 15 is 0 Å². The third kappa shape index (κ3) is 2.59. The number of benzene rings is 1. The van der Waals surface area contributed by atoms with E-state index in [9.17, 15) is 25.0 Å². The van der Waals surface area contributed by atoms with Crippen LogP contribution >= 0.6 is 0 Å². The van der Waals surface area contributed by atoms with Crippen LogP contribution in [0.5, 0.6) is 11.5 Å². The Labute approximate surface area is 107 Å². The molecule has 9 nitrogen and oxygen atoms in total. The van der Waals surface area contributed by atoms with E-state index in [1.54, 1.807) is 0 Å². The fourth-order valence-corrected chi connectivity index (χ4v) is 1.52. The van der Waals surface area contributed by atoms with Gasteiger partial charge in [-0.1, -0.05) is 0 Å². The van der Waals surface area contributed by atoms with Crippen LogP contribution in [0.3, 0.4) is 0 Å². The van der Waals surface area contributed by atoms with Crippen molar-refractivity contribution in [1.82, 2.24) is 0 Å². The van der Waals surface area contributed by atoms with Crippen molar-refractivity contribution in [1.29, 1.82) is 0 Å². The molecule has 0 N–H and O–H groups in total. The van der Waals surface area contributed by atoms with Gasteiger partial charge in [0.2, 0.25) is 11.5 Å². The van der Waals surface area contributed by atoms with Crippen molar-refractivity contribution in [2.24, 2.45) is 0 Å². The van der Waals surface area contributed by atoms with Crippen molar-refractivity contribution in [2.75, 3.05) is 13.7 Å². The highest BCUT2D eigenvalue weighted by atomic mass is 16.6. The molecule has 0 aromatic heterocycles. The van der Waals surface area contributed by atoms with Crippen molar-refractivity contribution in [3.63, 3.8) is 0 Å². The lowest BCUT2D eigenvalue weighted by molar-refractivity contribution is -0.390. The summed E-state index contributed by atoms with van der Waals surface area (Å²) in [6.07, 6.45) is 0.138.